The second kappa shape index (κ2) is 8.66. The van der Waals surface area contributed by atoms with Crippen molar-refractivity contribution in [2.75, 3.05) is 25.9 Å². The summed E-state index contributed by atoms with van der Waals surface area (Å²) >= 11 is 0. The number of piperidine rings is 1. The summed E-state index contributed by atoms with van der Waals surface area (Å²) in [5.74, 6) is -0.429. The molecule has 1 atom stereocenters. The molecule has 1 fully saturated rings. The number of aryl methyl sites for hydroxylation is 1. The minimum absolute atomic E-state index is 0.00307. The molecule has 1 N–H and O–H groups in total. The highest BCUT2D eigenvalue weighted by molar-refractivity contribution is 7.90. The van der Waals surface area contributed by atoms with E-state index in [0.717, 1.165) is 31.9 Å². The van der Waals surface area contributed by atoms with Gasteiger partial charge in [-0.1, -0.05) is 19.4 Å². The maximum atomic E-state index is 12.8. The minimum Gasteiger partial charge on any atom is -0.356 e. The van der Waals surface area contributed by atoms with Crippen LogP contribution in [0.25, 0.3) is 0 Å². The summed E-state index contributed by atoms with van der Waals surface area (Å²) < 4.78 is 23.8. The molecule has 1 aliphatic rings. The summed E-state index contributed by atoms with van der Waals surface area (Å²) in [6.45, 7) is 5.40. The third-order valence-electron chi connectivity index (χ3n) is 4.74. The monoisotopic (exact) mass is 380 g/mol. The smallest absolute Gasteiger partial charge is 0.253 e. The fourth-order valence-corrected chi connectivity index (χ4v) is 4.22. The van der Waals surface area contributed by atoms with Crippen molar-refractivity contribution in [3.05, 3.63) is 29.3 Å². The van der Waals surface area contributed by atoms with Gasteiger partial charge in [-0.2, -0.15) is 0 Å². The van der Waals surface area contributed by atoms with Gasteiger partial charge in [-0.3, -0.25) is 9.59 Å². The number of rotatable bonds is 6. The summed E-state index contributed by atoms with van der Waals surface area (Å²) in [7, 11) is -3.39. The fraction of sp³-hybridized carbons (Fsp3) is 0.579. The Bertz CT molecular complexity index is 774. The molecule has 26 heavy (non-hydrogen) atoms. The van der Waals surface area contributed by atoms with Crippen molar-refractivity contribution in [3.63, 3.8) is 0 Å². The molecule has 0 saturated carbocycles. The highest BCUT2D eigenvalue weighted by atomic mass is 32.2. The van der Waals surface area contributed by atoms with E-state index in [0.29, 0.717) is 30.8 Å². The normalized spacial score (nSPS) is 17.8. The maximum Gasteiger partial charge on any atom is 0.253 e. The average molecular weight is 381 g/mol. The van der Waals surface area contributed by atoms with E-state index in [-0.39, 0.29) is 22.6 Å². The highest BCUT2D eigenvalue weighted by Crippen LogP contribution is 2.22. The zero-order chi connectivity index (χ0) is 19.3. The lowest BCUT2D eigenvalue weighted by Crippen LogP contribution is -2.45. The molecule has 2 amide bonds. The minimum atomic E-state index is -3.39. The van der Waals surface area contributed by atoms with Gasteiger partial charge in [0.25, 0.3) is 5.91 Å². The van der Waals surface area contributed by atoms with Gasteiger partial charge >= 0.3 is 0 Å². The number of carbonyl (C=O) groups is 2. The van der Waals surface area contributed by atoms with Crippen molar-refractivity contribution in [3.8, 4) is 0 Å². The quantitative estimate of drug-likeness (QED) is 0.767. The standard InChI is InChI=1S/C19H28N2O4S/c1-4-5-10-20-18(22)16-7-6-11-21(13-16)19(23)15-9-8-14(2)17(12-15)26(3,24)25/h8-9,12,16H,4-7,10-11,13H2,1-3H3,(H,20,22)/t16-/m1/s1. The molecule has 144 valence electrons. The van der Waals surface area contributed by atoms with Crippen LogP contribution < -0.4 is 5.32 Å². The summed E-state index contributed by atoms with van der Waals surface area (Å²) in [6.07, 6.45) is 4.64. The van der Waals surface area contributed by atoms with Crippen molar-refractivity contribution in [2.24, 2.45) is 5.92 Å². The molecular weight excluding hydrogens is 352 g/mol. The first kappa shape index (κ1) is 20.4. The first-order valence-electron chi connectivity index (χ1n) is 9.11. The van der Waals surface area contributed by atoms with E-state index in [1.807, 2.05) is 0 Å². The van der Waals surface area contributed by atoms with Crippen LogP contribution in [0.3, 0.4) is 0 Å². The second-order valence-corrected chi connectivity index (χ2v) is 8.97. The number of hydrogen-bond donors (Lipinski definition) is 1. The Hall–Kier alpha value is -1.89. The van der Waals surface area contributed by atoms with E-state index in [4.69, 9.17) is 0 Å². The molecule has 1 heterocycles. The molecule has 1 saturated heterocycles. The third kappa shape index (κ3) is 5.06. The Labute approximate surface area is 155 Å². The fourth-order valence-electron chi connectivity index (χ4n) is 3.22. The third-order valence-corrected chi connectivity index (χ3v) is 5.98. The number of likely N-dealkylation sites (tertiary alicyclic amines) is 1. The van der Waals surface area contributed by atoms with Crippen LogP contribution in [0.4, 0.5) is 0 Å². The van der Waals surface area contributed by atoms with E-state index in [1.54, 1.807) is 24.0 Å². The predicted octanol–water partition coefficient (Wildman–Crippen LogP) is 2.17. The van der Waals surface area contributed by atoms with Gasteiger partial charge in [0.1, 0.15) is 0 Å². The molecule has 0 bridgehead atoms. The van der Waals surface area contributed by atoms with Gasteiger partial charge in [-0.05, 0) is 43.9 Å². The van der Waals surface area contributed by atoms with Crippen LogP contribution in [-0.4, -0.2) is 51.0 Å². The molecular formula is C19H28N2O4S. The van der Waals surface area contributed by atoms with Gasteiger partial charge in [-0.15, -0.1) is 0 Å². The van der Waals surface area contributed by atoms with E-state index in [1.165, 1.54) is 6.07 Å². The average Bonchev–Trinajstić information content (AvgIpc) is 2.60. The number of hydrogen-bond acceptors (Lipinski definition) is 4. The second-order valence-electron chi connectivity index (χ2n) is 6.99. The summed E-state index contributed by atoms with van der Waals surface area (Å²) in [6, 6.07) is 4.75. The Morgan fingerprint density at radius 2 is 2.04 bits per heavy atom. The molecule has 0 radical (unpaired) electrons. The Kier molecular flexibility index (Phi) is 6.81. The summed E-state index contributed by atoms with van der Waals surface area (Å²) in [5, 5.41) is 2.93. The predicted molar refractivity (Wildman–Crippen MR) is 101 cm³/mol. The lowest BCUT2D eigenvalue weighted by Gasteiger charge is -2.32. The van der Waals surface area contributed by atoms with E-state index in [2.05, 4.69) is 12.2 Å². The van der Waals surface area contributed by atoms with E-state index in [9.17, 15) is 18.0 Å². The van der Waals surface area contributed by atoms with Crippen LogP contribution in [0.1, 0.15) is 48.5 Å². The summed E-state index contributed by atoms with van der Waals surface area (Å²) in [4.78, 5) is 26.9. The van der Waals surface area contributed by atoms with Gasteiger partial charge in [0.15, 0.2) is 9.84 Å². The molecule has 0 spiro atoms. The highest BCUT2D eigenvalue weighted by Gasteiger charge is 2.29. The van der Waals surface area contributed by atoms with Gasteiger partial charge in [0.2, 0.25) is 5.91 Å². The largest absolute Gasteiger partial charge is 0.356 e. The first-order chi connectivity index (χ1) is 12.2. The molecule has 0 aliphatic carbocycles. The Morgan fingerprint density at radius 3 is 2.69 bits per heavy atom. The molecule has 0 aromatic heterocycles. The maximum absolute atomic E-state index is 12.8. The van der Waals surface area contributed by atoms with E-state index >= 15 is 0 Å². The first-order valence-corrected chi connectivity index (χ1v) is 11.0. The molecule has 1 aliphatic heterocycles. The van der Waals surface area contributed by atoms with Crippen molar-refractivity contribution in [1.29, 1.82) is 0 Å². The van der Waals surface area contributed by atoms with Crippen molar-refractivity contribution in [1.82, 2.24) is 10.2 Å². The van der Waals surface area contributed by atoms with Crippen molar-refractivity contribution in [2.45, 2.75) is 44.4 Å². The van der Waals surface area contributed by atoms with Crippen molar-refractivity contribution < 1.29 is 18.0 Å². The number of nitrogens with one attached hydrogen (secondary N) is 1. The lowest BCUT2D eigenvalue weighted by atomic mass is 9.96. The van der Waals surface area contributed by atoms with Crippen LogP contribution in [-0.2, 0) is 14.6 Å². The molecule has 1 aromatic carbocycles. The van der Waals surface area contributed by atoms with Gasteiger partial charge in [0.05, 0.1) is 10.8 Å². The van der Waals surface area contributed by atoms with E-state index < -0.39 is 9.84 Å². The van der Waals surface area contributed by atoms with Gasteiger partial charge < -0.3 is 10.2 Å². The molecule has 7 heteroatoms. The Morgan fingerprint density at radius 1 is 1.31 bits per heavy atom. The van der Waals surface area contributed by atoms with Gasteiger partial charge in [-0.25, -0.2) is 8.42 Å². The Balaban J connectivity index is 2.11. The van der Waals surface area contributed by atoms with Crippen LogP contribution in [0, 0.1) is 12.8 Å². The zero-order valence-electron chi connectivity index (χ0n) is 15.7. The number of sulfone groups is 1. The molecule has 6 nitrogen and oxygen atoms in total. The number of amides is 2. The topological polar surface area (TPSA) is 83.6 Å². The van der Waals surface area contributed by atoms with Crippen LogP contribution >= 0.6 is 0 Å². The van der Waals surface area contributed by atoms with Crippen LogP contribution in [0.15, 0.2) is 23.1 Å². The number of unbranched alkanes of at least 4 members (excludes halogenated alkanes) is 1. The number of nitrogens with zero attached hydrogens (tertiary/aromatic N) is 1. The molecule has 2 rings (SSSR count). The molecule has 0 unspecified atom stereocenters. The van der Waals surface area contributed by atoms with Gasteiger partial charge in [0, 0.05) is 31.5 Å². The van der Waals surface area contributed by atoms with Crippen LogP contribution in [0.2, 0.25) is 0 Å². The SMILES string of the molecule is CCCCNC(=O)[C@@H]1CCCN(C(=O)c2ccc(C)c(S(C)(=O)=O)c2)C1. The zero-order valence-corrected chi connectivity index (χ0v) is 16.6. The van der Waals surface area contributed by atoms with Crippen LogP contribution in [0.5, 0.6) is 0 Å². The lowest BCUT2D eigenvalue weighted by molar-refractivity contribution is -0.126. The van der Waals surface area contributed by atoms with Crippen molar-refractivity contribution >= 4 is 21.7 Å². The summed E-state index contributed by atoms with van der Waals surface area (Å²) in [5.41, 5.74) is 0.971. The number of carbonyl (C=O) groups excluding carboxylic acids is 2. The number of benzene rings is 1. The molecule has 1 aromatic rings.